The van der Waals surface area contributed by atoms with Crippen LogP contribution in [0.1, 0.15) is 13.3 Å². The average molecular weight is 273 g/mol. The van der Waals surface area contributed by atoms with Crippen LogP contribution in [0.15, 0.2) is 29.2 Å². The number of hydrogen-bond donors (Lipinski definition) is 1. The summed E-state index contributed by atoms with van der Waals surface area (Å²) in [6.45, 7) is 2.57. The predicted octanol–water partition coefficient (Wildman–Crippen LogP) is 2.65. The molecule has 0 saturated carbocycles. The van der Waals surface area contributed by atoms with Gasteiger partial charge in [0.05, 0.1) is 10.6 Å². The van der Waals surface area contributed by atoms with E-state index in [0.717, 1.165) is 24.4 Å². The van der Waals surface area contributed by atoms with E-state index in [1.807, 2.05) is 23.9 Å². The van der Waals surface area contributed by atoms with Crippen LogP contribution >= 0.6 is 11.8 Å². The van der Waals surface area contributed by atoms with Crippen LogP contribution in [0.2, 0.25) is 0 Å². The van der Waals surface area contributed by atoms with E-state index >= 15 is 0 Å². The monoisotopic (exact) mass is 273 g/mol. The third kappa shape index (κ3) is 4.60. The van der Waals surface area contributed by atoms with Crippen LogP contribution in [0.25, 0.3) is 0 Å². The fraction of sp³-hybridized carbons (Fsp3) is 0.500. The molecular weight excluding hydrogens is 254 g/mol. The van der Waals surface area contributed by atoms with Crippen LogP contribution < -0.4 is 5.32 Å². The van der Waals surface area contributed by atoms with Gasteiger partial charge in [0.1, 0.15) is 0 Å². The molecular formula is C12H19NO2S2. The second-order valence-corrected chi connectivity index (χ2v) is 6.96. The van der Waals surface area contributed by atoms with Crippen molar-refractivity contribution in [1.82, 2.24) is 0 Å². The highest BCUT2D eigenvalue weighted by Crippen LogP contribution is 2.15. The summed E-state index contributed by atoms with van der Waals surface area (Å²) in [5.74, 6) is 1.28. The summed E-state index contributed by atoms with van der Waals surface area (Å²) in [5.41, 5.74) is 0.973. The van der Waals surface area contributed by atoms with Gasteiger partial charge in [-0.2, -0.15) is 11.8 Å². The minimum absolute atomic E-state index is 0.146. The van der Waals surface area contributed by atoms with Crippen LogP contribution in [0, 0.1) is 0 Å². The molecule has 1 N–H and O–H groups in total. The van der Waals surface area contributed by atoms with Crippen molar-refractivity contribution in [3.8, 4) is 0 Å². The van der Waals surface area contributed by atoms with Crippen LogP contribution in [0.4, 0.5) is 5.69 Å². The fourth-order valence-electron chi connectivity index (χ4n) is 1.40. The van der Waals surface area contributed by atoms with Crippen molar-refractivity contribution in [2.24, 2.45) is 0 Å². The highest BCUT2D eigenvalue weighted by molar-refractivity contribution is 7.98. The van der Waals surface area contributed by atoms with E-state index in [-0.39, 0.29) is 5.75 Å². The summed E-state index contributed by atoms with van der Waals surface area (Å²) in [5, 5.41) is 3.27. The number of nitrogens with one attached hydrogen (secondary N) is 1. The molecule has 5 heteroatoms. The summed E-state index contributed by atoms with van der Waals surface area (Å²) in [7, 11) is -3.08. The molecule has 0 amide bonds. The molecule has 0 spiro atoms. The number of rotatable bonds is 7. The normalized spacial score (nSPS) is 11.4. The molecule has 1 aromatic carbocycles. The Bertz CT molecular complexity index is 426. The van der Waals surface area contributed by atoms with E-state index in [9.17, 15) is 8.42 Å². The molecule has 0 aliphatic rings. The van der Waals surface area contributed by atoms with Crippen molar-refractivity contribution in [2.45, 2.75) is 18.2 Å². The molecule has 0 saturated heterocycles. The average Bonchev–Trinajstić information content (AvgIpc) is 2.35. The number of benzene rings is 1. The van der Waals surface area contributed by atoms with Crippen molar-refractivity contribution in [1.29, 1.82) is 0 Å². The lowest BCUT2D eigenvalue weighted by Crippen LogP contribution is -2.05. The minimum atomic E-state index is -3.08. The molecule has 0 fully saturated rings. The summed E-state index contributed by atoms with van der Waals surface area (Å²) in [6.07, 6.45) is 3.20. The molecule has 1 rings (SSSR count). The molecule has 0 aromatic heterocycles. The molecule has 3 nitrogen and oxygen atoms in total. The first-order valence-corrected chi connectivity index (χ1v) is 8.70. The van der Waals surface area contributed by atoms with E-state index in [2.05, 4.69) is 11.6 Å². The van der Waals surface area contributed by atoms with Crippen molar-refractivity contribution in [3.63, 3.8) is 0 Å². The molecule has 0 radical (unpaired) electrons. The maximum atomic E-state index is 11.6. The third-order valence-electron chi connectivity index (χ3n) is 2.45. The zero-order valence-corrected chi connectivity index (χ0v) is 11.9. The fourth-order valence-corrected chi connectivity index (χ4v) is 2.71. The zero-order chi connectivity index (χ0) is 12.7. The highest BCUT2D eigenvalue weighted by Gasteiger charge is 2.10. The molecule has 0 bridgehead atoms. The van der Waals surface area contributed by atoms with Crippen molar-refractivity contribution in [3.05, 3.63) is 24.3 Å². The Morgan fingerprint density at radius 2 is 1.88 bits per heavy atom. The second kappa shape index (κ2) is 6.91. The second-order valence-electron chi connectivity index (χ2n) is 3.70. The van der Waals surface area contributed by atoms with Gasteiger partial charge in [0.2, 0.25) is 0 Å². The van der Waals surface area contributed by atoms with Gasteiger partial charge < -0.3 is 5.32 Å². The number of sulfone groups is 1. The Balaban J connectivity index is 2.57. The van der Waals surface area contributed by atoms with Crippen LogP contribution in [0.3, 0.4) is 0 Å². The van der Waals surface area contributed by atoms with E-state index in [1.54, 1.807) is 19.1 Å². The van der Waals surface area contributed by atoms with E-state index in [1.165, 1.54) is 0 Å². The first-order chi connectivity index (χ1) is 8.10. The van der Waals surface area contributed by atoms with Crippen molar-refractivity contribution >= 4 is 27.3 Å². The van der Waals surface area contributed by atoms with Crippen LogP contribution in [-0.4, -0.2) is 32.7 Å². The molecule has 0 atom stereocenters. The molecule has 17 heavy (non-hydrogen) atoms. The van der Waals surface area contributed by atoms with E-state index in [0.29, 0.717) is 4.90 Å². The largest absolute Gasteiger partial charge is 0.385 e. The van der Waals surface area contributed by atoms with Crippen molar-refractivity contribution < 1.29 is 8.42 Å². The van der Waals surface area contributed by atoms with Gasteiger partial charge in [-0.25, -0.2) is 8.42 Å². The first kappa shape index (κ1) is 14.4. The Morgan fingerprint density at radius 3 is 2.41 bits per heavy atom. The molecule has 1 aromatic rings. The first-order valence-electron chi connectivity index (χ1n) is 5.66. The van der Waals surface area contributed by atoms with Crippen LogP contribution in [-0.2, 0) is 9.84 Å². The summed E-state index contributed by atoms with van der Waals surface area (Å²) in [6, 6.07) is 6.97. The quantitative estimate of drug-likeness (QED) is 0.776. The zero-order valence-electron chi connectivity index (χ0n) is 10.3. The topological polar surface area (TPSA) is 46.2 Å². The Morgan fingerprint density at radius 1 is 1.24 bits per heavy atom. The molecule has 0 heterocycles. The van der Waals surface area contributed by atoms with Gasteiger partial charge in [-0.05, 0) is 42.7 Å². The minimum Gasteiger partial charge on any atom is -0.385 e. The number of hydrogen-bond acceptors (Lipinski definition) is 4. The van der Waals surface area contributed by atoms with Gasteiger partial charge in [0.25, 0.3) is 0 Å². The lowest BCUT2D eigenvalue weighted by atomic mass is 10.3. The summed E-state index contributed by atoms with van der Waals surface area (Å²) in [4.78, 5) is 0.398. The number of thioether (sulfide) groups is 1. The van der Waals surface area contributed by atoms with Gasteiger partial charge in [0, 0.05) is 12.2 Å². The lowest BCUT2D eigenvalue weighted by molar-refractivity contribution is 0.597. The van der Waals surface area contributed by atoms with Gasteiger partial charge in [-0.1, -0.05) is 6.92 Å². The van der Waals surface area contributed by atoms with Crippen LogP contribution in [0.5, 0.6) is 0 Å². The van der Waals surface area contributed by atoms with E-state index < -0.39 is 9.84 Å². The summed E-state index contributed by atoms with van der Waals surface area (Å²) >= 11 is 1.83. The SMILES string of the molecule is CCS(=O)(=O)c1ccc(NCCCSC)cc1. The van der Waals surface area contributed by atoms with Gasteiger partial charge in [-0.3, -0.25) is 0 Å². The van der Waals surface area contributed by atoms with Gasteiger partial charge in [0.15, 0.2) is 9.84 Å². The highest BCUT2D eigenvalue weighted by atomic mass is 32.2. The Kier molecular flexibility index (Phi) is 5.85. The summed E-state index contributed by atoms with van der Waals surface area (Å²) < 4.78 is 23.2. The maximum absolute atomic E-state index is 11.6. The van der Waals surface area contributed by atoms with Gasteiger partial charge in [-0.15, -0.1) is 0 Å². The molecule has 0 unspecified atom stereocenters. The standard InChI is InChI=1S/C12H19NO2S2/c1-3-17(14,15)12-7-5-11(6-8-12)13-9-4-10-16-2/h5-8,13H,3-4,9-10H2,1-2H3. The Labute approximate surface area is 108 Å². The Hall–Kier alpha value is -0.680. The van der Waals surface area contributed by atoms with Crippen molar-refractivity contribution in [2.75, 3.05) is 29.6 Å². The maximum Gasteiger partial charge on any atom is 0.178 e. The predicted molar refractivity (Wildman–Crippen MR) is 75.7 cm³/mol. The smallest absolute Gasteiger partial charge is 0.178 e. The third-order valence-corrected chi connectivity index (χ3v) is 4.90. The van der Waals surface area contributed by atoms with E-state index in [4.69, 9.17) is 0 Å². The molecule has 96 valence electrons. The lowest BCUT2D eigenvalue weighted by Gasteiger charge is -2.07. The van der Waals surface area contributed by atoms with Gasteiger partial charge >= 0.3 is 0 Å². The molecule has 0 aliphatic heterocycles. The number of anilines is 1. The molecule has 0 aliphatic carbocycles.